The van der Waals surface area contributed by atoms with Crippen LogP contribution < -0.4 is 4.72 Å². The molecular weight excluding hydrogens is 419 g/mol. The van der Waals surface area contributed by atoms with Gasteiger partial charge < -0.3 is 4.90 Å². The lowest BCUT2D eigenvalue weighted by Crippen LogP contribution is -2.31. The monoisotopic (exact) mass is 438 g/mol. The van der Waals surface area contributed by atoms with Crippen molar-refractivity contribution >= 4 is 38.6 Å². The topological polar surface area (TPSA) is 66.5 Å². The highest BCUT2D eigenvalue weighted by molar-refractivity contribution is 7.89. The summed E-state index contributed by atoms with van der Waals surface area (Å²) < 4.78 is 41.3. The first-order valence-electron chi connectivity index (χ1n) is 8.54. The molecule has 0 spiro atoms. The molecule has 148 valence electrons. The number of nitrogens with zero attached hydrogens (tertiary/aromatic N) is 1. The normalized spacial score (nSPS) is 11.5. The van der Waals surface area contributed by atoms with Gasteiger partial charge in [-0.15, -0.1) is 22.7 Å². The fourth-order valence-corrected chi connectivity index (χ4v) is 5.17. The fraction of sp³-hybridized carbons (Fsp3) is 0.211. The van der Waals surface area contributed by atoms with Gasteiger partial charge >= 0.3 is 0 Å². The van der Waals surface area contributed by atoms with Crippen molar-refractivity contribution in [2.45, 2.75) is 24.9 Å². The zero-order valence-corrected chi connectivity index (χ0v) is 17.5. The van der Waals surface area contributed by atoms with E-state index in [0.717, 1.165) is 28.0 Å². The van der Waals surface area contributed by atoms with E-state index in [1.807, 2.05) is 35.0 Å². The number of rotatable bonds is 8. The Labute approximate surface area is 171 Å². The van der Waals surface area contributed by atoms with Crippen LogP contribution in [0.25, 0.3) is 0 Å². The molecule has 0 unspecified atom stereocenters. The first kappa shape index (κ1) is 20.7. The van der Waals surface area contributed by atoms with E-state index < -0.39 is 21.7 Å². The number of hydrogen-bond donors (Lipinski definition) is 1. The number of thiophene rings is 2. The van der Waals surface area contributed by atoms with Crippen molar-refractivity contribution in [1.82, 2.24) is 9.62 Å². The van der Waals surface area contributed by atoms with Crippen LogP contribution in [-0.2, 0) is 23.1 Å². The summed E-state index contributed by atoms with van der Waals surface area (Å²) in [4.78, 5) is 16.4. The highest BCUT2D eigenvalue weighted by atomic mass is 32.2. The molecule has 0 saturated carbocycles. The summed E-state index contributed by atoms with van der Waals surface area (Å²) in [6.07, 6.45) is 0. The third kappa shape index (κ3) is 4.85. The third-order valence-corrected chi connectivity index (χ3v) is 7.22. The van der Waals surface area contributed by atoms with E-state index in [9.17, 15) is 17.6 Å². The maximum atomic E-state index is 14.5. The fourth-order valence-electron chi connectivity index (χ4n) is 2.66. The molecule has 0 atom stereocenters. The average molecular weight is 439 g/mol. The summed E-state index contributed by atoms with van der Waals surface area (Å²) in [5, 5.41) is 3.82. The second kappa shape index (κ2) is 8.95. The zero-order valence-electron chi connectivity index (χ0n) is 15.1. The second-order valence-corrected chi connectivity index (χ2v) is 9.79. The third-order valence-electron chi connectivity index (χ3n) is 3.95. The summed E-state index contributed by atoms with van der Waals surface area (Å²) in [7, 11) is -3.79. The van der Waals surface area contributed by atoms with Crippen LogP contribution in [-0.4, -0.2) is 25.8 Å². The minimum atomic E-state index is -3.79. The molecule has 1 amide bonds. The number of carbonyl (C=O) groups is 1. The van der Waals surface area contributed by atoms with Crippen molar-refractivity contribution < 1.29 is 17.6 Å². The first-order chi connectivity index (χ1) is 13.4. The average Bonchev–Trinajstić information content (AvgIpc) is 3.35. The molecule has 9 heteroatoms. The Kier molecular flexibility index (Phi) is 6.61. The summed E-state index contributed by atoms with van der Waals surface area (Å²) in [6, 6.07) is 10.9. The van der Waals surface area contributed by atoms with Crippen LogP contribution in [0.3, 0.4) is 0 Å². The molecule has 5 nitrogen and oxygen atoms in total. The Morgan fingerprint density at radius 3 is 2.18 bits per heavy atom. The molecular formula is C19H19FN2O3S3. The van der Waals surface area contributed by atoms with Crippen molar-refractivity contribution in [3.05, 3.63) is 74.4 Å². The predicted molar refractivity (Wildman–Crippen MR) is 109 cm³/mol. The van der Waals surface area contributed by atoms with Gasteiger partial charge in [-0.1, -0.05) is 19.1 Å². The first-order valence-corrected chi connectivity index (χ1v) is 11.8. The van der Waals surface area contributed by atoms with Gasteiger partial charge in [-0.3, -0.25) is 4.79 Å². The summed E-state index contributed by atoms with van der Waals surface area (Å²) in [5.41, 5.74) is -0.257. The van der Waals surface area contributed by atoms with Crippen molar-refractivity contribution in [3.8, 4) is 0 Å². The highest BCUT2D eigenvalue weighted by Crippen LogP contribution is 2.22. The molecule has 0 bridgehead atoms. The maximum absolute atomic E-state index is 14.5. The summed E-state index contributed by atoms with van der Waals surface area (Å²) in [6.45, 7) is 2.48. The Balaban J connectivity index is 1.95. The van der Waals surface area contributed by atoms with E-state index in [-0.39, 0.29) is 17.0 Å². The van der Waals surface area contributed by atoms with E-state index in [2.05, 4.69) is 4.72 Å². The maximum Gasteiger partial charge on any atom is 0.257 e. The van der Waals surface area contributed by atoms with Crippen molar-refractivity contribution in [2.75, 3.05) is 6.54 Å². The van der Waals surface area contributed by atoms with Gasteiger partial charge in [0.2, 0.25) is 10.0 Å². The minimum Gasteiger partial charge on any atom is -0.328 e. The Hall–Kier alpha value is -2.07. The molecule has 3 rings (SSSR count). The zero-order chi connectivity index (χ0) is 20.1. The second-order valence-electron chi connectivity index (χ2n) is 5.96. The van der Waals surface area contributed by atoms with Gasteiger partial charge in [0.1, 0.15) is 5.82 Å². The van der Waals surface area contributed by atoms with Crippen molar-refractivity contribution in [3.63, 3.8) is 0 Å². The standard InChI is InChI=1S/C19H19FN2O3S3/c1-2-21-28(24,25)16-7-8-18(20)17(11-16)19(23)22(12-14-5-3-9-26-14)13-15-6-4-10-27-15/h3-11,21H,2,12-13H2,1H3. The number of sulfonamides is 1. The van der Waals surface area contributed by atoms with Gasteiger partial charge in [0, 0.05) is 16.3 Å². The molecule has 2 heterocycles. The van der Waals surface area contributed by atoms with Crippen molar-refractivity contribution in [1.29, 1.82) is 0 Å². The molecule has 2 aromatic heterocycles. The van der Waals surface area contributed by atoms with Gasteiger partial charge in [0.05, 0.1) is 23.5 Å². The summed E-state index contributed by atoms with van der Waals surface area (Å²) >= 11 is 3.01. The summed E-state index contributed by atoms with van der Waals surface area (Å²) in [5.74, 6) is -1.30. The van der Waals surface area contributed by atoms with Crippen LogP contribution in [0.15, 0.2) is 58.1 Å². The van der Waals surface area contributed by atoms with Crippen molar-refractivity contribution in [2.24, 2.45) is 0 Å². The smallest absolute Gasteiger partial charge is 0.257 e. The quantitative estimate of drug-likeness (QED) is 0.576. The molecule has 1 N–H and O–H groups in total. The predicted octanol–water partition coefficient (Wildman–Crippen LogP) is 4.09. The molecule has 28 heavy (non-hydrogen) atoms. The van der Waals surface area contributed by atoms with E-state index in [1.165, 1.54) is 27.6 Å². The van der Waals surface area contributed by atoms with Crippen LogP contribution in [0.5, 0.6) is 0 Å². The number of amides is 1. The van der Waals surface area contributed by atoms with Crippen LogP contribution in [0.1, 0.15) is 27.0 Å². The number of halogens is 1. The molecule has 3 aromatic rings. The van der Waals surface area contributed by atoms with E-state index >= 15 is 0 Å². The van der Waals surface area contributed by atoms with Gasteiger partial charge in [-0.05, 0) is 41.1 Å². The molecule has 0 aliphatic heterocycles. The van der Waals surface area contributed by atoms with Crippen LogP contribution in [0.2, 0.25) is 0 Å². The largest absolute Gasteiger partial charge is 0.328 e. The lowest BCUT2D eigenvalue weighted by molar-refractivity contribution is 0.0728. The number of benzene rings is 1. The van der Waals surface area contributed by atoms with Crippen LogP contribution >= 0.6 is 22.7 Å². The van der Waals surface area contributed by atoms with Gasteiger partial charge in [0.15, 0.2) is 0 Å². The molecule has 0 aliphatic carbocycles. The molecule has 0 aliphatic rings. The van der Waals surface area contributed by atoms with Gasteiger partial charge in [-0.2, -0.15) is 0 Å². The lowest BCUT2D eigenvalue weighted by atomic mass is 10.1. The SMILES string of the molecule is CCNS(=O)(=O)c1ccc(F)c(C(=O)N(Cc2cccs2)Cc2cccs2)c1. The Morgan fingerprint density at radius 2 is 1.68 bits per heavy atom. The molecule has 0 fully saturated rings. The van der Waals surface area contributed by atoms with Crippen LogP contribution in [0, 0.1) is 5.82 Å². The molecule has 0 saturated heterocycles. The van der Waals surface area contributed by atoms with Gasteiger partial charge in [-0.25, -0.2) is 17.5 Å². The number of carbonyl (C=O) groups excluding carboxylic acids is 1. The van der Waals surface area contributed by atoms with Crippen LogP contribution in [0.4, 0.5) is 4.39 Å². The lowest BCUT2D eigenvalue weighted by Gasteiger charge is -2.22. The van der Waals surface area contributed by atoms with E-state index in [4.69, 9.17) is 0 Å². The van der Waals surface area contributed by atoms with E-state index in [0.29, 0.717) is 13.1 Å². The Bertz CT molecular complexity index is 996. The van der Waals surface area contributed by atoms with Gasteiger partial charge in [0.25, 0.3) is 5.91 Å². The Morgan fingerprint density at radius 1 is 1.07 bits per heavy atom. The molecule has 1 aromatic carbocycles. The van der Waals surface area contributed by atoms with E-state index in [1.54, 1.807) is 6.92 Å². The number of nitrogens with one attached hydrogen (secondary N) is 1. The number of hydrogen-bond acceptors (Lipinski definition) is 5. The highest BCUT2D eigenvalue weighted by Gasteiger charge is 2.24. The molecule has 0 radical (unpaired) electrons. The minimum absolute atomic E-state index is 0.133.